The van der Waals surface area contributed by atoms with Gasteiger partial charge in [-0.2, -0.15) is 0 Å². The van der Waals surface area contributed by atoms with Crippen LogP contribution in [0.4, 0.5) is 0 Å². The number of hydrogen-bond donors (Lipinski definition) is 1. The maximum Gasteiger partial charge on any atom is 0.233 e. The van der Waals surface area contributed by atoms with Gasteiger partial charge in [0.15, 0.2) is 0 Å². The Morgan fingerprint density at radius 3 is 3.06 bits per heavy atom. The number of rotatable bonds is 3. The molecule has 0 amide bonds. The highest BCUT2D eigenvalue weighted by atomic mass is 79.9. The van der Waals surface area contributed by atoms with Crippen molar-refractivity contribution < 1.29 is 14.8 Å². The van der Waals surface area contributed by atoms with Gasteiger partial charge in [0, 0.05) is 20.5 Å². The van der Waals surface area contributed by atoms with Gasteiger partial charge in [0.05, 0.1) is 0 Å². The number of fused-ring (bicyclic) bond motifs is 1. The first-order valence-electron chi connectivity index (χ1n) is 4.99. The normalized spacial score (nSPS) is 15.5. The Kier molecular flexibility index (Phi) is 3.44. The summed E-state index contributed by atoms with van der Waals surface area (Å²) in [6.45, 7) is -0.317. The SMILES string of the molecule is O=[N+]([O-])C[C@@H](O)C1=Cc2cc(Br)ccc2OC1. The number of hydrogen-bond acceptors (Lipinski definition) is 4. The van der Waals surface area contributed by atoms with Crippen LogP contribution in [0, 0.1) is 10.1 Å². The third kappa shape index (κ3) is 2.83. The predicted molar refractivity (Wildman–Crippen MR) is 65.5 cm³/mol. The molecule has 17 heavy (non-hydrogen) atoms. The fraction of sp³-hybridized carbons (Fsp3) is 0.273. The number of benzene rings is 1. The molecule has 1 aliphatic heterocycles. The minimum absolute atomic E-state index is 0.184. The van der Waals surface area contributed by atoms with Crippen molar-refractivity contribution in [2.45, 2.75) is 6.10 Å². The molecule has 1 atom stereocenters. The second-order valence-electron chi connectivity index (χ2n) is 3.72. The highest BCUT2D eigenvalue weighted by Gasteiger charge is 2.21. The Hall–Kier alpha value is -1.40. The van der Waals surface area contributed by atoms with E-state index < -0.39 is 17.6 Å². The van der Waals surface area contributed by atoms with Gasteiger partial charge in [-0.15, -0.1) is 0 Å². The van der Waals surface area contributed by atoms with E-state index in [-0.39, 0.29) is 6.61 Å². The first kappa shape index (κ1) is 12.1. The molecule has 0 aliphatic carbocycles. The van der Waals surface area contributed by atoms with Crippen molar-refractivity contribution in [1.29, 1.82) is 0 Å². The molecular weight excluding hydrogens is 290 g/mol. The Morgan fingerprint density at radius 2 is 2.35 bits per heavy atom. The van der Waals surface area contributed by atoms with Gasteiger partial charge < -0.3 is 9.84 Å². The van der Waals surface area contributed by atoms with Crippen molar-refractivity contribution >= 4 is 22.0 Å². The maximum atomic E-state index is 10.3. The predicted octanol–water partition coefficient (Wildman–Crippen LogP) is 1.86. The first-order valence-corrected chi connectivity index (χ1v) is 5.78. The highest BCUT2D eigenvalue weighted by Crippen LogP contribution is 2.29. The van der Waals surface area contributed by atoms with E-state index >= 15 is 0 Å². The monoisotopic (exact) mass is 299 g/mol. The summed E-state index contributed by atoms with van der Waals surface area (Å²) < 4.78 is 6.31. The van der Waals surface area contributed by atoms with Crippen molar-refractivity contribution in [3.05, 3.63) is 43.9 Å². The number of ether oxygens (including phenoxy) is 1. The van der Waals surface area contributed by atoms with Crippen LogP contribution < -0.4 is 4.74 Å². The highest BCUT2D eigenvalue weighted by molar-refractivity contribution is 9.10. The van der Waals surface area contributed by atoms with Crippen LogP contribution in [0.2, 0.25) is 0 Å². The summed E-state index contributed by atoms with van der Waals surface area (Å²) in [5, 5.41) is 20.0. The second-order valence-corrected chi connectivity index (χ2v) is 4.64. The van der Waals surface area contributed by atoms with Gasteiger partial charge in [0.2, 0.25) is 6.54 Å². The van der Waals surface area contributed by atoms with E-state index in [1.54, 1.807) is 6.08 Å². The largest absolute Gasteiger partial charge is 0.489 e. The topological polar surface area (TPSA) is 72.6 Å². The van der Waals surface area contributed by atoms with E-state index in [1.165, 1.54) is 0 Å². The fourth-order valence-corrected chi connectivity index (χ4v) is 2.00. The molecule has 1 aromatic carbocycles. The Labute approximate surface area is 106 Å². The molecule has 1 N–H and O–H groups in total. The number of aliphatic hydroxyl groups excluding tert-OH is 1. The van der Waals surface area contributed by atoms with E-state index in [0.29, 0.717) is 11.3 Å². The Bertz CT molecular complexity index is 486. The number of aliphatic hydroxyl groups is 1. The molecule has 2 rings (SSSR count). The summed E-state index contributed by atoms with van der Waals surface area (Å²) in [5.74, 6) is 0.713. The fourth-order valence-electron chi connectivity index (χ4n) is 1.62. The van der Waals surface area contributed by atoms with Crippen LogP contribution >= 0.6 is 15.9 Å². The maximum absolute atomic E-state index is 10.3. The van der Waals surface area contributed by atoms with Gasteiger partial charge in [-0.25, -0.2) is 0 Å². The summed E-state index contributed by atoms with van der Waals surface area (Å²) in [5.41, 5.74) is 1.33. The first-order chi connectivity index (χ1) is 8.06. The molecule has 0 fully saturated rings. The van der Waals surface area contributed by atoms with Crippen molar-refractivity contribution in [3.8, 4) is 5.75 Å². The summed E-state index contributed by atoms with van der Waals surface area (Å²) in [4.78, 5) is 9.78. The van der Waals surface area contributed by atoms with Gasteiger partial charge >= 0.3 is 0 Å². The van der Waals surface area contributed by atoms with Crippen LogP contribution in [0.25, 0.3) is 6.08 Å². The molecular formula is C11H10BrNO4. The molecule has 0 spiro atoms. The molecule has 6 heteroatoms. The van der Waals surface area contributed by atoms with E-state index in [4.69, 9.17) is 4.74 Å². The molecule has 0 saturated carbocycles. The van der Waals surface area contributed by atoms with Crippen LogP contribution in [-0.2, 0) is 0 Å². The standard InChI is InChI=1S/C11H10BrNO4/c12-9-1-2-11-7(4-9)3-8(6-17-11)10(14)5-13(15)16/h1-4,10,14H,5-6H2/t10-/m1/s1. The van der Waals surface area contributed by atoms with Gasteiger partial charge in [0.25, 0.3) is 0 Å². The summed E-state index contributed by atoms with van der Waals surface area (Å²) in [6.07, 6.45) is 0.634. The van der Waals surface area contributed by atoms with E-state index in [9.17, 15) is 15.2 Å². The van der Waals surface area contributed by atoms with Crippen molar-refractivity contribution in [3.63, 3.8) is 0 Å². The molecule has 1 heterocycles. The zero-order chi connectivity index (χ0) is 12.4. The third-order valence-electron chi connectivity index (χ3n) is 2.46. The summed E-state index contributed by atoms with van der Waals surface area (Å²) >= 11 is 3.33. The lowest BCUT2D eigenvalue weighted by Gasteiger charge is -2.19. The lowest BCUT2D eigenvalue weighted by molar-refractivity contribution is -0.488. The summed E-state index contributed by atoms with van der Waals surface area (Å²) in [6, 6.07) is 5.51. The van der Waals surface area contributed by atoms with E-state index in [1.807, 2.05) is 18.2 Å². The van der Waals surface area contributed by atoms with Gasteiger partial charge in [0.1, 0.15) is 18.5 Å². The van der Waals surface area contributed by atoms with Crippen LogP contribution in [0.3, 0.4) is 0 Å². The lowest BCUT2D eigenvalue weighted by Crippen LogP contribution is -2.26. The van der Waals surface area contributed by atoms with Crippen LogP contribution in [0.5, 0.6) is 5.75 Å². The van der Waals surface area contributed by atoms with E-state index in [0.717, 1.165) is 10.0 Å². The molecule has 90 valence electrons. The Balaban J connectivity index is 2.25. The van der Waals surface area contributed by atoms with Crippen LogP contribution in [0.1, 0.15) is 5.56 Å². The molecule has 1 aliphatic rings. The van der Waals surface area contributed by atoms with Crippen molar-refractivity contribution in [2.75, 3.05) is 13.2 Å². The third-order valence-corrected chi connectivity index (χ3v) is 2.95. The lowest BCUT2D eigenvalue weighted by atomic mass is 10.0. The number of nitro groups is 1. The molecule has 0 unspecified atom stereocenters. The molecule has 0 bridgehead atoms. The molecule has 1 aromatic rings. The van der Waals surface area contributed by atoms with Gasteiger partial charge in [-0.3, -0.25) is 10.1 Å². The Morgan fingerprint density at radius 1 is 1.59 bits per heavy atom. The van der Waals surface area contributed by atoms with E-state index in [2.05, 4.69) is 15.9 Å². The summed E-state index contributed by atoms with van der Waals surface area (Å²) in [7, 11) is 0. The second kappa shape index (κ2) is 4.85. The van der Waals surface area contributed by atoms with Crippen LogP contribution in [0.15, 0.2) is 28.2 Å². The molecule has 0 saturated heterocycles. The average Bonchev–Trinajstić information content (AvgIpc) is 2.27. The van der Waals surface area contributed by atoms with Gasteiger partial charge in [-0.1, -0.05) is 15.9 Å². The number of nitrogens with zero attached hydrogens (tertiary/aromatic N) is 1. The smallest absolute Gasteiger partial charge is 0.233 e. The average molecular weight is 300 g/mol. The van der Waals surface area contributed by atoms with Crippen molar-refractivity contribution in [1.82, 2.24) is 0 Å². The zero-order valence-corrected chi connectivity index (χ0v) is 10.4. The minimum atomic E-state index is -1.10. The quantitative estimate of drug-likeness (QED) is 0.683. The minimum Gasteiger partial charge on any atom is -0.489 e. The molecule has 5 nitrogen and oxygen atoms in total. The van der Waals surface area contributed by atoms with Gasteiger partial charge in [-0.05, 0) is 24.3 Å². The van der Waals surface area contributed by atoms with Crippen molar-refractivity contribution in [2.24, 2.45) is 0 Å². The molecule has 0 radical (unpaired) electrons. The van der Waals surface area contributed by atoms with Crippen LogP contribution in [-0.4, -0.2) is 29.3 Å². The zero-order valence-electron chi connectivity index (χ0n) is 8.80. The molecule has 0 aromatic heterocycles. The number of halogens is 1.